The number of benzene rings is 1. The van der Waals surface area contributed by atoms with Crippen LogP contribution in [0.25, 0.3) is 11.0 Å². The maximum Gasteiger partial charge on any atom is 0.253 e. The summed E-state index contributed by atoms with van der Waals surface area (Å²) in [5.74, 6) is 0.0777. The van der Waals surface area contributed by atoms with Crippen molar-refractivity contribution in [1.29, 1.82) is 0 Å². The van der Waals surface area contributed by atoms with Crippen LogP contribution in [0.3, 0.4) is 0 Å². The monoisotopic (exact) mass is 274 g/mol. The number of carbonyl (C=O) groups excluding carboxylic acids is 1. The molecule has 0 bridgehead atoms. The highest BCUT2D eigenvalue weighted by atomic mass is 16.2. The molecule has 1 heterocycles. The summed E-state index contributed by atoms with van der Waals surface area (Å²) >= 11 is 0. The first-order chi connectivity index (χ1) is 9.71. The number of amides is 1. The Kier molecular flexibility index (Phi) is 4.71. The van der Waals surface area contributed by atoms with E-state index in [9.17, 15) is 4.79 Å². The molecule has 20 heavy (non-hydrogen) atoms. The fraction of sp³-hybridized carbons (Fsp3) is 0.533. The lowest BCUT2D eigenvalue weighted by Gasteiger charge is -2.20. The number of unbranched alkanes of at least 4 members (excludes halogenated alkanes) is 1. The standard InChI is InChI=1S/C15H22N4O/c1-4-7-10-18(5-2)15(20)12-8-9-14-13(11-12)16-17-19(14)6-3/h8-9,11H,4-7,10H2,1-3H3. The minimum Gasteiger partial charge on any atom is -0.339 e. The van der Waals surface area contributed by atoms with E-state index in [0.29, 0.717) is 5.56 Å². The number of fused-ring (bicyclic) bond motifs is 1. The van der Waals surface area contributed by atoms with Crippen molar-refractivity contribution in [2.45, 2.75) is 40.2 Å². The molecule has 5 heteroatoms. The van der Waals surface area contributed by atoms with Crippen molar-refractivity contribution in [2.24, 2.45) is 0 Å². The van der Waals surface area contributed by atoms with Gasteiger partial charge in [0.15, 0.2) is 0 Å². The summed E-state index contributed by atoms with van der Waals surface area (Å²) in [6, 6.07) is 5.64. The molecule has 0 saturated carbocycles. The molecule has 0 saturated heterocycles. The van der Waals surface area contributed by atoms with Gasteiger partial charge in [0.05, 0.1) is 5.52 Å². The topological polar surface area (TPSA) is 51.0 Å². The van der Waals surface area contributed by atoms with Crippen LogP contribution in [0.4, 0.5) is 0 Å². The van der Waals surface area contributed by atoms with Gasteiger partial charge in [-0.25, -0.2) is 4.68 Å². The zero-order valence-corrected chi connectivity index (χ0v) is 12.5. The summed E-state index contributed by atoms with van der Waals surface area (Å²) in [4.78, 5) is 14.4. The van der Waals surface area contributed by atoms with Crippen molar-refractivity contribution in [3.8, 4) is 0 Å². The molecule has 1 amide bonds. The number of hydrogen-bond acceptors (Lipinski definition) is 3. The van der Waals surface area contributed by atoms with E-state index in [1.807, 2.05) is 41.6 Å². The van der Waals surface area contributed by atoms with Gasteiger partial charge < -0.3 is 4.90 Å². The molecule has 0 radical (unpaired) electrons. The van der Waals surface area contributed by atoms with E-state index in [-0.39, 0.29) is 5.91 Å². The van der Waals surface area contributed by atoms with Gasteiger partial charge in [-0.3, -0.25) is 4.79 Å². The zero-order chi connectivity index (χ0) is 14.5. The summed E-state index contributed by atoms with van der Waals surface area (Å²) in [5.41, 5.74) is 2.45. The van der Waals surface area contributed by atoms with Crippen LogP contribution in [-0.2, 0) is 6.54 Å². The summed E-state index contributed by atoms with van der Waals surface area (Å²) < 4.78 is 1.83. The molecule has 0 atom stereocenters. The average Bonchev–Trinajstić information content (AvgIpc) is 2.89. The van der Waals surface area contributed by atoms with Crippen molar-refractivity contribution in [3.05, 3.63) is 23.8 Å². The average molecular weight is 274 g/mol. The number of hydrogen-bond donors (Lipinski definition) is 0. The Labute approximate surface area is 119 Å². The fourth-order valence-electron chi connectivity index (χ4n) is 2.27. The lowest BCUT2D eigenvalue weighted by Crippen LogP contribution is -2.31. The third-order valence-electron chi connectivity index (χ3n) is 3.51. The van der Waals surface area contributed by atoms with Crippen LogP contribution in [0, 0.1) is 0 Å². The third-order valence-corrected chi connectivity index (χ3v) is 3.51. The molecule has 0 N–H and O–H groups in total. The molecular weight excluding hydrogens is 252 g/mol. The first-order valence-corrected chi connectivity index (χ1v) is 7.33. The molecular formula is C15H22N4O. The predicted octanol–water partition coefficient (Wildman–Crippen LogP) is 2.71. The van der Waals surface area contributed by atoms with Crippen LogP contribution in [0.5, 0.6) is 0 Å². The molecule has 1 aromatic heterocycles. The maximum absolute atomic E-state index is 12.5. The van der Waals surface area contributed by atoms with Crippen LogP contribution < -0.4 is 0 Å². The highest BCUT2D eigenvalue weighted by molar-refractivity contribution is 5.97. The summed E-state index contributed by atoms with van der Waals surface area (Å²) in [5, 5.41) is 8.19. The van der Waals surface area contributed by atoms with Gasteiger partial charge in [0.25, 0.3) is 5.91 Å². The molecule has 0 aliphatic rings. The van der Waals surface area contributed by atoms with E-state index in [4.69, 9.17) is 0 Å². The second-order valence-electron chi connectivity index (χ2n) is 4.85. The fourth-order valence-corrected chi connectivity index (χ4v) is 2.27. The number of rotatable bonds is 6. The largest absolute Gasteiger partial charge is 0.339 e. The Morgan fingerprint density at radius 3 is 2.75 bits per heavy atom. The minimum absolute atomic E-state index is 0.0777. The lowest BCUT2D eigenvalue weighted by atomic mass is 10.1. The van der Waals surface area contributed by atoms with Gasteiger partial charge in [0.1, 0.15) is 5.52 Å². The number of carbonyl (C=O) groups is 1. The van der Waals surface area contributed by atoms with E-state index < -0.39 is 0 Å². The normalized spacial score (nSPS) is 10.9. The van der Waals surface area contributed by atoms with Crippen molar-refractivity contribution in [1.82, 2.24) is 19.9 Å². The SMILES string of the molecule is CCCCN(CC)C(=O)c1ccc2c(c1)nnn2CC. The first-order valence-electron chi connectivity index (χ1n) is 7.33. The third kappa shape index (κ3) is 2.81. The van der Waals surface area contributed by atoms with E-state index in [2.05, 4.69) is 17.2 Å². The molecule has 0 spiro atoms. The molecule has 1 aromatic carbocycles. The number of aromatic nitrogens is 3. The van der Waals surface area contributed by atoms with E-state index in [0.717, 1.165) is 43.5 Å². The Bertz CT molecular complexity index is 591. The van der Waals surface area contributed by atoms with Gasteiger partial charge in [-0.2, -0.15) is 0 Å². The highest BCUT2D eigenvalue weighted by Crippen LogP contribution is 2.15. The second-order valence-corrected chi connectivity index (χ2v) is 4.85. The minimum atomic E-state index is 0.0777. The van der Waals surface area contributed by atoms with Gasteiger partial charge >= 0.3 is 0 Å². The Hall–Kier alpha value is -1.91. The predicted molar refractivity (Wildman–Crippen MR) is 79.7 cm³/mol. The molecule has 2 aromatic rings. The smallest absolute Gasteiger partial charge is 0.253 e. The summed E-state index contributed by atoms with van der Waals surface area (Å²) in [6.07, 6.45) is 2.13. The molecule has 0 aliphatic heterocycles. The van der Waals surface area contributed by atoms with Gasteiger partial charge in [-0.1, -0.05) is 18.6 Å². The second kappa shape index (κ2) is 6.50. The quantitative estimate of drug-likeness (QED) is 0.813. The van der Waals surface area contributed by atoms with Crippen molar-refractivity contribution in [3.63, 3.8) is 0 Å². The van der Waals surface area contributed by atoms with E-state index >= 15 is 0 Å². The van der Waals surface area contributed by atoms with E-state index in [1.165, 1.54) is 0 Å². The van der Waals surface area contributed by atoms with Gasteiger partial charge in [0, 0.05) is 25.2 Å². The maximum atomic E-state index is 12.5. The summed E-state index contributed by atoms with van der Waals surface area (Å²) in [6.45, 7) is 8.50. The van der Waals surface area contributed by atoms with E-state index in [1.54, 1.807) is 0 Å². The lowest BCUT2D eigenvalue weighted by molar-refractivity contribution is 0.0762. The highest BCUT2D eigenvalue weighted by Gasteiger charge is 2.15. The van der Waals surface area contributed by atoms with Crippen molar-refractivity contribution in [2.75, 3.05) is 13.1 Å². The Morgan fingerprint density at radius 1 is 1.30 bits per heavy atom. The molecule has 2 rings (SSSR count). The molecule has 0 fully saturated rings. The van der Waals surface area contributed by atoms with Gasteiger partial charge in [-0.05, 0) is 38.5 Å². The Morgan fingerprint density at radius 2 is 2.10 bits per heavy atom. The molecule has 5 nitrogen and oxygen atoms in total. The van der Waals surface area contributed by atoms with Crippen LogP contribution in [0.2, 0.25) is 0 Å². The van der Waals surface area contributed by atoms with Crippen LogP contribution in [0.1, 0.15) is 44.0 Å². The van der Waals surface area contributed by atoms with Crippen LogP contribution >= 0.6 is 0 Å². The zero-order valence-electron chi connectivity index (χ0n) is 12.5. The van der Waals surface area contributed by atoms with Crippen molar-refractivity contribution >= 4 is 16.9 Å². The summed E-state index contributed by atoms with van der Waals surface area (Å²) in [7, 11) is 0. The van der Waals surface area contributed by atoms with Gasteiger partial charge in [-0.15, -0.1) is 5.10 Å². The number of aryl methyl sites for hydroxylation is 1. The number of nitrogens with zero attached hydrogens (tertiary/aromatic N) is 4. The van der Waals surface area contributed by atoms with Gasteiger partial charge in [0.2, 0.25) is 0 Å². The van der Waals surface area contributed by atoms with Crippen LogP contribution in [-0.4, -0.2) is 38.9 Å². The first kappa shape index (κ1) is 14.5. The molecule has 0 unspecified atom stereocenters. The molecule has 108 valence electrons. The molecule has 0 aliphatic carbocycles. The van der Waals surface area contributed by atoms with Crippen LogP contribution in [0.15, 0.2) is 18.2 Å². The Balaban J connectivity index is 2.25. The van der Waals surface area contributed by atoms with Crippen molar-refractivity contribution < 1.29 is 4.79 Å².